The molecule has 2 N–H and O–H groups in total. The molecule has 154 valence electrons. The number of guanidine groups is 1. The smallest absolute Gasteiger partial charge is 0.213 e. The molecule has 1 fully saturated rings. The van der Waals surface area contributed by atoms with E-state index in [1.807, 2.05) is 12.1 Å². The molecule has 0 amide bonds. The van der Waals surface area contributed by atoms with E-state index in [1.54, 1.807) is 13.3 Å². The Bertz CT molecular complexity index is 586. The summed E-state index contributed by atoms with van der Waals surface area (Å²) in [7, 11) is 1.75. The molecule has 0 radical (unpaired) electrons. The highest BCUT2D eigenvalue weighted by molar-refractivity contribution is 14.0. The monoisotopic (exact) mass is 490 g/mol. The van der Waals surface area contributed by atoms with Crippen LogP contribution in [0.1, 0.15) is 46.1 Å². The van der Waals surface area contributed by atoms with Gasteiger partial charge in [-0.1, -0.05) is 20.8 Å². The maximum Gasteiger partial charge on any atom is 0.213 e. The second-order valence-electron chi connectivity index (χ2n) is 7.92. The summed E-state index contributed by atoms with van der Waals surface area (Å²) in [6.07, 6.45) is 4.44. The molecule has 0 aromatic carbocycles. The van der Waals surface area contributed by atoms with Crippen molar-refractivity contribution in [1.82, 2.24) is 15.6 Å². The Kier molecular flexibility index (Phi) is 10.4. The average molecular weight is 490 g/mol. The number of halogens is 1. The van der Waals surface area contributed by atoms with Gasteiger partial charge in [0.2, 0.25) is 5.88 Å². The maximum atomic E-state index is 5.75. The summed E-state index contributed by atoms with van der Waals surface area (Å²) in [4.78, 5) is 8.96. The third-order valence-corrected chi connectivity index (χ3v) is 4.43. The molecule has 0 spiro atoms. The fourth-order valence-electron chi connectivity index (χ4n) is 2.56. The molecular formula is C20H35IN4O2. The number of methoxy groups -OCH3 is 1. The Morgan fingerprint density at radius 2 is 2.07 bits per heavy atom. The van der Waals surface area contributed by atoms with Crippen molar-refractivity contribution in [3.05, 3.63) is 23.9 Å². The van der Waals surface area contributed by atoms with Crippen molar-refractivity contribution in [2.45, 2.75) is 53.2 Å². The number of nitrogens with one attached hydrogen (secondary N) is 2. The Balaban J connectivity index is 0.00000364. The third-order valence-electron chi connectivity index (χ3n) is 4.43. The lowest BCUT2D eigenvalue weighted by Crippen LogP contribution is -2.45. The maximum absolute atomic E-state index is 5.75. The molecule has 1 unspecified atom stereocenters. The van der Waals surface area contributed by atoms with Gasteiger partial charge in [-0.15, -0.1) is 24.0 Å². The van der Waals surface area contributed by atoms with Gasteiger partial charge in [0.05, 0.1) is 19.3 Å². The summed E-state index contributed by atoms with van der Waals surface area (Å²) in [5, 5.41) is 6.66. The molecule has 27 heavy (non-hydrogen) atoms. The summed E-state index contributed by atoms with van der Waals surface area (Å²) in [5.74, 6) is 2.20. The summed E-state index contributed by atoms with van der Waals surface area (Å²) in [6.45, 7) is 11.4. The van der Waals surface area contributed by atoms with Crippen LogP contribution in [0.4, 0.5) is 0 Å². The predicted octanol–water partition coefficient (Wildman–Crippen LogP) is 3.60. The first-order valence-electron chi connectivity index (χ1n) is 9.55. The van der Waals surface area contributed by atoms with E-state index >= 15 is 0 Å². The van der Waals surface area contributed by atoms with Crippen molar-refractivity contribution >= 4 is 29.9 Å². The van der Waals surface area contributed by atoms with Crippen LogP contribution in [0.2, 0.25) is 0 Å². The van der Waals surface area contributed by atoms with Gasteiger partial charge in [0.1, 0.15) is 0 Å². The first-order chi connectivity index (χ1) is 12.4. The molecule has 6 nitrogen and oxygen atoms in total. The van der Waals surface area contributed by atoms with Crippen LogP contribution in [0.25, 0.3) is 0 Å². The summed E-state index contributed by atoms with van der Waals surface area (Å²) in [5.41, 5.74) is 1.15. The fraction of sp³-hybridized carbons (Fsp3) is 0.700. The van der Waals surface area contributed by atoms with Crippen molar-refractivity contribution in [3.63, 3.8) is 0 Å². The highest BCUT2D eigenvalue weighted by Crippen LogP contribution is 2.29. The SMILES string of the molecule is CCNC(=NCc1ccnc(OCC2CC2)c1)NCC(OC)C(C)(C)C.I. The third kappa shape index (κ3) is 9.10. The number of ether oxygens (including phenoxy) is 2. The molecule has 0 saturated heterocycles. The molecule has 7 heteroatoms. The minimum Gasteiger partial charge on any atom is -0.477 e. The van der Waals surface area contributed by atoms with Gasteiger partial charge < -0.3 is 20.1 Å². The second-order valence-corrected chi connectivity index (χ2v) is 7.92. The number of hydrogen-bond donors (Lipinski definition) is 2. The molecule has 1 aromatic heterocycles. The fourth-order valence-corrected chi connectivity index (χ4v) is 2.56. The van der Waals surface area contributed by atoms with Crippen LogP contribution < -0.4 is 15.4 Å². The molecule has 1 aliphatic rings. The summed E-state index contributed by atoms with van der Waals surface area (Å²) >= 11 is 0. The highest BCUT2D eigenvalue weighted by atomic mass is 127. The van der Waals surface area contributed by atoms with Crippen molar-refractivity contribution < 1.29 is 9.47 Å². The van der Waals surface area contributed by atoms with Crippen LogP contribution in [0.5, 0.6) is 5.88 Å². The Hall–Kier alpha value is -1.09. The number of aliphatic imine (C=N–C) groups is 1. The first-order valence-corrected chi connectivity index (χ1v) is 9.55. The number of pyridine rings is 1. The van der Waals surface area contributed by atoms with Crippen LogP contribution in [-0.2, 0) is 11.3 Å². The molecule has 2 rings (SSSR count). The zero-order valence-corrected chi connectivity index (χ0v) is 19.6. The number of aromatic nitrogens is 1. The zero-order chi connectivity index (χ0) is 19.0. The average Bonchev–Trinajstić information content (AvgIpc) is 3.42. The Labute approximate surface area is 180 Å². The Morgan fingerprint density at radius 3 is 2.67 bits per heavy atom. The van der Waals surface area contributed by atoms with Crippen LogP contribution in [0.3, 0.4) is 0 Å². The molecule has 0 aliphatic heterocycles. The number of hydrogen-bond acceptors (Lipinski definition) is 4. The zero-order valence-electron chi connectivity index (χ0n) is 17.2. The normalized spacial score (nSPS) is 15.7. The van der Waals surface area contributed by atoms with Crippen molar-refractivity contribution in [2.75, 3.05) is 26.8 Å². The molecule has 1 atom stereocenters. The minimum absolute atomic E-state index is 0. The van der Waals surface area contributed by atoms with Crippen LogP contribution in [0, 0.1) is 11.3 Å². The van der Waals surface area contributed by atoms with Gasteiger partial charge in [0.25, 0.3) is 0 Å². The second kappa shape index (κ2) is 11.7. The van der Waals surface area contributed by atoms with E-state index in [1.165, 1.54) is 12.8 Å². The van der Waals surface area contributed by atoms with Gasteiger partial charge in [-0.25, -0.2) is 9.98 Å². The molecule has 1 saturated carbocycles. The molecule has 0 bridgehead atoms. The van der Waals surface area contributed by atoms with Gasteiger partial charge in [-0.3, -0.25) is 0 Å². The van der Waals surface area contributed by atoms with Gasteiger partial charge >= 0.3 is 0 Å². The lowest BCUT2D eigenvalue weighted by Gasteiger charge is -2.30. The van der Waals surface area contributed by atoms with Gasteiger partial charge in [0, 0.05) is 32.5 Å². The number of nitrogens with zero attached hydrogens (tertiary/aromatic N) is 2. The summed E-state index contributed by atoms with van der Waals surface area (Å²) < 4.78 is 11.4. The van der Waals surface area contributed by atoms with E-state index in [9.17, 15) is 0 Å². The van der Waals surface area contributed by atoms with Crippen molar-refractivity contribution in [1.29, 1.82) is 0 Å². The van der Waals surface area contributed by atoms with Crippen molar-refractivity contribution in [3.8, 4) is 5.88 Å². The van der Waals surface area contributed by atoms with Gasteiger partial charge in [0.15, 0.2) is 5.96 Å². The predicted molar refractivity (Wildman–Crippen MR) is 121 cm³/mol. The standard InChI is InChI=1S/C20H34N4O2.HI/c1-6-21-19(24-13-17(25-5)20(2,3)4)23-12-16-9-10-22-18(11-16)26-14-15-7-8-15;/h9-11,15,17H,6-8,12-14H2,1-5H3,(H2,21,23,24);1H. The molecule has 1 heterocycles. The van der Waals surface area contributed by atoms with Gasteiger partial charge in [-0.2, -0.15) is 0 Å². The lowest BCUT2D eigenvalue weighted by atomic mass is 9.89. The molecule has 1 aromatic rings. The topological polar surface area (TPSA) is 67.8 Å². The molecule has 1 aliphatic carbocycles. The number of rotatable bonds is 9. The van der Waals surface area contributed by atoms with E-state index in [4.69, 9.17) is 9.47 Å². The summed E-state index contributed by atoms with van der Waals surface area (Å²) in [6, 6.07) is 3.95. The molecular weight excluding hydrogens is 455 g/mol. The van der Waals surface area contributed by atoms with Gasteiger partial charge in [-0.05, 0) is 42.7 Å². The van der Waals surface area contributed by atoms with E-state index in [2.05, 4.69) is 48.3 Å². The lowest BCUT2D eigenvalue weighted by molar-refractivity contribution is 0.0205. The highest BCUT2D eigenvalue weighted by Gasteiger charge is 2.24. The van der Waals surface area contributed by atoms with Crippen LogP contribution in [-0.4, -0.2) is 43.9 Å². The van der Waals surface area contributed by atoms with Crippen LogP contribution >= 0.6 is 24.0 Å². The van der Waals surface area contributed by atoms with E-state index in [0.29, 0.717) is 19.0 Å². The van der Waals surface area contributed by atoms with E-state index in [0.717, 1.165) is 30.6 Å². The van der Waals surface area contributed by atoms with Crippen LogP contribution in [0.15, 0.2) is 23.3 Å². The Morgan fingerprint density at radius 1 is 1.33 bits per heavy atom. The minimum atomic E-state index is 0. The van der Waals surface area contributed by atoms with Crippen molar-refractivity contribution in [2.24, 2.45) is 16.3 Å². The first kappa shape index (κ1) is 23.9. The van der Waals surface area contributed by atoms with E-state index < -0.39 is 0 Å². The largest absolute Gasteiger partial charge is 0.477 e. The van der Waals surface area contributed by atoms with E-state index in [-0.39, 0.29) is 35.5 Å². The quantitative estimate of drug-likeness (QED) is 0.315.